The molecule has 0 spiro atoms. The van der Waals surface area contributed by atoms with E-state index >= 15 is 0 Å². The van der Waals surface area contributed by atoms with Gasteiger partial charge < -0.3 is 19.3 Å². The van der Waals surface area contributed by atoms with Gasteiger partial charge in [-0.2, -0.15) is 0 Å². The van der Waals surface area contributed by atoms with Crippen molar-refractivity contribution in [3.63, 3.8) is 0 Å². The molecule has 2 heterocycles. The number of aryl methyl sites for hydroxylation is 2. The number of ketones is 1. The monoisotopic (exact) mass is 550 g/mol. The van der Waals surface area contributed by atoms with Crippen LogP contribution in [0.4, 0.5) is 5.13 Å². The molecule has 1 aliphatic heterocycles. The van der Waals surface area contributed by atoms with Crippen LogP contribution < -0.4 is 14.4 Å². The van der Waals surface area contributed by atoms with Crippen molar-refractivity contribution in [2.75, 3.05) is 25.2 Å². The lowest BCUT2D eigenvalue weighted by atomic mass is 9.95. The normalized spacial score (nSPS) is 16.4. The second kappa shape index (κ2) is 11.7. The number of Topliss-reactive ketones (excluding diaryl/α,β-unsaturated/α-hetero) is 1. The Bertz CT molecular complexity index is 1440. The van der Waals surface area contributed by atoms with Crippen molar-refractivity contribution >= 4 is 39.9 Å². The van der Waals surface area contributed by atoms with Gasteiger partial charge in [0.05, 0.1) is 37.6 Å². The molecule has 4 rings (SSSR count). The topological polar surface area (TPSA) is 115 Å². The van der Waals surface area contributed by atoms with Gasteiger partial charge >= 0.3 is 11.9 Å². The maximum Gasteiger partial charge on any atom is 0.350 e. The van der Waals surface area contributed by atoms with Crippen LogP contribution >= 0.6 is 11.3 Å². The fourth-order valence-electron chi connectivity index (χ4n) is 4.33. The van der Waals surface area contributed by atoms with Gasteiger partial charge in [0.1, 0.15) is 22.1 Å². The third-order valence-corrected chi connectivity index (χ3v) is 7.37. The summed E-state index contributed by atoms with van der Waals surface area (Å²) >= 11 is 0.960. The number of aliphatic hydroxyl groups excluding tert-OH is 1. The molecule has 39 heavy (non-hydrogen) atoms. The van der Waals surface area contributed by atoms with E-state index in [1.54, 1.807) is 56.3 Å². The molecule has 10 heteroatoms. The van der Waals surface area contributed by atoms with Crippen molar-refractivity contribution in [1.82, 2.24) is 4.98 Å². The molecule has 9 nitrogen and oxygen atoms in total. The predicted octanol–water partition coefficient (Wildman–Crippen LogP) is 5.36. The van der Waals surface area contributed by atoms with Gasteiger partial charge in [0.25, 0.3) is 5.78 Å². The van der Waals surface area contributed by atoms with E-state index in [0.29, 0.717) is 34.9 Å². The minimum atomic E-state index is -0.993. The smallest absolute Gasteiger partial charge is 0.350 e. The molecule has 0 radical (unpaired) electrons. The molecule has 0 unspecified atom stereocenters. The van der Waals surface area contributed by atoms with Gasteiger partial charge in [-0.3, -0.25) is 14.5 Å². The fraction of sp³-hybridized carbons (Fsp3) is 0.310. The maximum absolute atomic E-state index is 13.5. The summed E-state index contributed by atoms with van der Waals surface area (Å²) < 4.78 is 16.1. The Labute approximate surface area is 230 Å². The highest BCUT2D eigenvalue weighted by Gasteiger charge is 2.48. The highest BCUT2D eigenvalue weighted by molar-refractivity contribution is 7.17. The Morgan fingerprint density at radius 2 is 1.82 bits per heavy atom. The summed E-state index contributed by atoms with van der Waals surface area (Å²) in [6.45, 7) is 7.92. The predicted molar refractivity (Wildman–Crippen MR) is 148 cm³/mol. The summed E-state index contributed by atoms with van der Waals surface area (Å²) in [5, 5.41) is 11.6. The van der Waals surface area contributed by atoms with Crippen LogP contribution in [0.1, 0.15) is 58.4 Å². The van der Waals surface area contributed by atoms with Gasteiger partial charge in [0.2, 0.25) is 0 Å². The van der Waals surface area contributed by atoms with Crippen LogP contribution in [0.2, 0.25) is 0 Å². The molecule has 1 N–H and O–H groups in total. The number of methoxy groups -OCH3 is 1. The van der Waals surface area contributed by atoms with Gasteiger partial charge in [-0.1, -0.05) is 30.4 Å². The van der Waals surface area contributed by atoms with Crippen LogP contribution in [-0.4, -0.2) is 48.1 Å². The van der Waals surface area contributed by atoms with Crippen molar-refractivity contribution in [2.45, 2.75) is 40.2 Å². The van der Waals surface area contributed by atoms with Crippen LogP contribution in [0, 0.1) is 13.8 Å². The third kappa shape index (κ3) is 5.37. The van der Waals surface area contributed by atoms with Crippen molar-refractivity contribution in [3.05, 3.63) is 75.3 Å². The van der Waals surface area contributed by atoms with Crippen molar-refractivity contribution in [3.8, 4) is 11.5 Å². The third-order valence-electron chi connectivity index (χ3n) is 6.24. The SMILES string of the molecule is CCCOc1ccc(C(O)=C2C(=O)C(=O)N(c3nc(C)c(C(=O)OCC)s3)[C@@H]2c2ccc(OC)cc2)cc1C. The van der Waals surface area contributed by atoms with Gasteiger partial charge in [0.15, 0.2) is 5.13 Å². The molecule has 204 valence electrons. The molecular formula is C29H30N2O7S. The maximum atomic E-state index is 13.5. The number of carbonyl (C=O) groups is 3. The number of amides is 1. The second-order valence-electron chi connectivity index (χ2n) is 8.90. The number of nitrogens with zero attached hydrogens (tertiary/aromatic N) is 2. The van der Waals surface area contributed by atoms with Crippen molar-refractivity contribution < 1.29 is 33.7 Å². The van der Waals surface area contributed by atoms with Crippen LogP contribution in [0.3, 0.4) is 0 Å². The Kier molecular flexibility index (Phi) is 8.35. The summed E-state index contributed by atoms with van der Waals surface area (Å²) in [7, 11) is 1.53. The zero-order chi connectivity index (χ0) is 28.3. The molecule has 1 atom stereocenters. The molecule has 1 aliphatic rings. The van der Waals surface area contributed by atoms with Crippen molar-refractivity contribution in [2.24, 2.45) is 0 Å². The molecule has 2 aromatic carbocycles. The first kappa shape index (κ1) is 27.8. The van der Waals surface area contributed by atoms with E-state index in [4.69, 9.17) is 14.2 Å². The molecule has 1 saturated heterocycles. The standard InChI is InChI=1S/C29H30N2O7S/c1-6-14-38-21-13-10-19(15-16(21)3)24(32)22-23(18-8-11-20(36-5)12-9-18)31(27(34)25(22)33)29-30-17(4)26(39-29)28(35)37-7-2/h8-13,15,23,32H,6-7,14H2,1-5H3/t23-/m1/s1. The summed E-state index contributed by atoms with van der Waals surface area (Å²) in [5.41, 5.74) is 1.99. The average Bonchev–Trinajstić information content (AvgIpc) is 3.44. The molecule has 3 aromatic rings. The number of esters is 1. The first-order chi connectivity index (χ1) is 18.7. The zero-order valence-electron chi connectivity index (χ0n) is 22.4. The van der Waals surface area contributed by atoms with E-state index in [1.807, 2.05) is 13.8 Å². The molecule has 0 bridgehead atoms. The quantitative estimate of drug-likeness (QED) is 0.164. The van der Waals surface area contributed by atoms with Crippen LogP contribution in [-0.2, 0) is 14.3 Å². The lowest BCUT2D eigenvalue weighted by Gasteiger charge is -2.23. The summed E-state index contributed by atoms with van der Waals surface area (Å²) in [6, 6.07) is 10.9. The number of anilines is 1. The molecule has 1 aromatic heterocycles. The van der Waals surface area contributed by atoms with E-state index in [0.717, 1.165) is 23.3 Å². The summed E-state index contributed by atoms with van der Waals surface area (Å²) in [5.74, 6) is -1.34. The zero-order valence-corrected chi connectivity index (χ0v) is 23.3. The number of thiazole rings is 1. The summed E-state index contributed by atoms with van der Waals surface area (Å²) in [4.78, 5) is 45.3. The van der Waals surface area contributed by atoms with E-state index in [1.165, 1.54) is 12.0 Å². The van der Waals surface area contributed by atoms with Gasteiger partial charge in [-0.05, 0) is 68.7 Å². The Morgan fingerprint density at radius 1 is 1.10 bits per heavy atom. The number of rotatable bonds is 9. The van der Waals surface area contributed by atoms with E-state index in [9.17, 15) is 19.5 Å². The average molecular weight is 551 g/mol. The fourth-order valence-corrected chi connectivity index (χ4v) is 5.32. The first-order valence-corrected chi connectivity index (χ1v) is 13.4. The Morgan fingerprint density at radius 3 is 2.44 bits per heavy atom. The number of hydrogen-bond donors (Lipinski definition) is 1. The second-order valence-corrected chi connectivity index (χ2v) is 9.88. The van der Waals surface area contributed by atoms with E-state index in [-0.39, 0.29) is 27.9 Å². The van der Waals surface area contributed by atoms with Crippen LogP contribution in [0.5, 0.6) is 11.5 Å². The Hall–Kier alpha value is -4.18. The molecular weight excluding hydrogens is 520 g/mol. The number of aromatic nitrogens is 1. The Balaban J connectivity index is 1.87. The van der Waals surface area contributed by atoms with E-state index in [2.05, 4.69) is 4.98 Å². The lowest BCUT2D eigenvalue weighted by molar-refractivity contribution is -0.132. The summed E-state index contributed by atoms with van der Waals surface area (Å²) in [6.07, 6.45) is 0.848. The van der Waals surface area contributed by atoms with Crippen LogP contribution in [0.15, 0.2) is 48.0 Å². The van der Waals surface area contributed by atoms with Gasteiger partial charge in [-0.25, -0.2) is 9.78 Å². The van der Waals surface area contributed by atoms with Gasteiger partial charge in [0, 0.05) is 5.56 Å². The molecule has 0 aliphatic carbocycles. The number of hydrogen-bond acceptors (Lipinski definition) is 9. The number of carbonyl (C=O) groups excluding carboxylic acids is 3. The molecule has 1 fully saturated rings. The van der Waals surface area contributed by atoms with Crippen molar-refractivity contribution in [1.29, 1.82) is 0 Å². The van der Waals surface area contributed by atoms with E-state index < -0.39 is 23.7 Å². The highest BCUT2D eigenvalue weighted by atomic mass is 32.1. The molecule has 1 amide bonds. The number of benzene rings is 2. The number of aliphatic hydroxyl groups is 1. The number of ether oxygens (including phenoxy) is 3. The minimum absolute atomic E-state index is 0.0858. The largest absolute Gasteiger partial charge is 0.507 e. The lowest BCUT2D eigenvalue weighted by Crippen LogP contribution is -2.29. The molecule has 0 saturated carbocycles. The highest BCUT2D eigenvalue weighted by Crippen LogP contribution is 2.44. The minimum Gasteiger partial charge on any atom is -0.507 e. The van der Waals surface area contributed by atoms with Gasteiger partial charge in [-0.15, -0.1) is 0 Å². The first-order valence-electron chi connectivity index (χ1n) is 12.5. The van der Waals surface area contributed by atoms with Crippen LogP contribution in [0.25, 0.3) is 5.76 Å².